The first-order chi connectivity index (χ1) is 15.5. The summed E-state index contributed by atoms with van der Waals surface area (Å²) >= 11 is 0. The first kappa shape index (κ1) is 19.7. The van der Waals surface area contributed by atoms with Gasteiger partial charge in [-0.25, -0.2) is 9.78 Å². The summed E-state index contributed by atoms with van der Waals surface area (Å²) in [7, 11) is 0. The highest BCUT2D eigenvalue weighted by Crippen LogP contribution is 2.24. The Morgan fingerprint density at radius 2 is 1.56 bits per heavy atom. The van der Waals surface area contributed by atoms with Crippen LogP contribution in [-0.2, 0) is 4.74 Å². The second-order valence-corrected chi connectivity index (χ2v) is 7.48. The van der Waals surface area contributed by atoms with E-state index in [9.17, 15) is 14.4 Å². The van der Waals surface area contributed by atoms with E-state index in [2.05, 4.69) is 4.98 Å². The van der Waals surface area contributed by atoms with Crippen LogP contribution in [0, 0.1) is 6.92 Å². The van der Waals surface area contributed by atoms with E-state index in [4.69, 9.17) is 4.74 Å². The monoisotopic (exact) mass is 425 g/mol. The van der Waals surface area contributed by atoms with Crippen LogP contribution in [0.4, 0.5) is 0 Å². The summed E-state index contributed by atoms with van der Waals surface area (Å²) in [6, 6.07) is 21.7. The lowest BCUT2D eigenvalue weighted by molar-refractivity contribution is 0.0420. The highest BCUT2D eigenvalue weighted by Gasteiger charge is 2.34. The third-order valence-corrected chi connectivity index (χ3v) is 5.50. The molecular weight excluding hydrogens is 406 g/mol. The summed E-state index contributed by atoms with van der Waals surface area (Å²) in [5.41, 5.74) is 3.66. The molecule has 0 spiro atoms. The van der Waals surface area contributed by atoms with Crippen LogP contribution in [0.5, 0.6) is 0 Å². The van der Waals surface area contributed by atoms with Gasteiger partial charge in [-0.05, 0) is 49.4 Å². The van der Waals surface area contributed by atoms with E-state index in [1.165, 1.54) is 0 Å². The molecule has 0 bridgehead atoms. The molecule has 0 atom stereocenters. The van der Waals surface area contributed by atoms with Gasteiger partial charge < -0.3 is 4.74 Å². The van der Waals surface area contributed by atoms with Crippen LogP contribution >= 0.6 is 0 Å². The number of aromatic nitrogens is 2. The van der Waals surface area contributed by atoms with Crippen molar-refractivity contribution in [1.29, 1.82) is 0 Å². The number of nitrogens with zero attached hydrogens (tertiary/aromatic N) is 3. The van der Waals surface area contributed by atoms with Gasteiger partial charge >= 0.3 is 5.97 Å². The first-order valence-corrected chi connectivity index (χ1v) is 10.2. The number of hydrogen-bond acceptors (Lipinski definition) is 5. The highest BCUT2D eigenvalue weighted by molar-refractivity contribution is 6.21. The molecule has 0 radical (unpaired) electrons. The Morgan fingerprint density at radius 3 is 2.25 bits per heavy atom. The molecule has 0 saturated heterocycles. The Labute approximate surface area is 183 Å². The minimum Gasteiger partial charge on any atom is -0.460 e. The number of benzene rings is 3. The summed E-state index contributed by atoms with van der Waals surface area (Å²) in [5, 5.41) is 0. The average Bonchev–Trinajstić information content (AvgIpc) is 3.27. The van der Waals surface area contributed by atoms with Crippen LogP contribution < -0.4 is 0 Å². The summed E-state index contributed by atoms with van der Waals surface area (Å²) in [6.07, 6.45) is 0. The molecule has 1 aliphatic rings. The van der Waals surface area contributed by atoms with E-state index >= 15 is 0 Å². The van der Waals surface area contributed by atoms with Crippen molar-refractivity contribution >= 4 is 28.8 Å². The van der Waals surface area contributed by atoms with Crippen LogP contribution in [0.1, 0.15) is 36.9 Å². The van der Waals surface area contributed by atoms with Gasteiger partial charge in [0.25, 0.3) is 11.8 Å². The first-order valence-electron chi connectivity index (χ1n) is 10.2. The second kappa shape index (κ2) is 7.77. The number of ether oxygens (including phenoxy) is 1. The molecule has 0 aliphatic carbocycles. The Hall–Kier alpha value is -4.26. The van der Waals surface area contributed by atoms with Crippen molar-refractivity contribution in [2.75, 3.05) is 13.2 Å². The fourth-order valence-corrected chi connectivity index (χ4v) is 3.99. The summed E-state index contributed by atoms with van der Waals surface area (Å²) in [5.74, 6) is -0.465. The maximum absolute atomic E-state index is 12.6. The third-order valence-electron chi connectivity index (χ3n) is 5.50. The molecule has 1 aliphatic heterocycles. The van der Waals surface area contributed by atoms with E-state index in [1.807, 2.05) is 47.9 Å². The smallest absolute Gasteiger partial charge is 0.338 e. The lowest BCUT2D eigenvalue weighted by Crippen LogP contribution is -2.33. The van der Waals surface area contributed by atoms with E-state index in [-0.39, 0.29) is 25.0 Å². The molecule has 5 rings (SSSR count). The molecule has 7 nitrogen and oxygen atoms in total. The standard InChI is InChI=1S/C25H19N3O4/c1-16-26-21-15-17(11-12-22(21)28(16)18-7-3-2-4-8-18)25(31)32-14-13-27-23(29)19-9-5-6-10-20(19)24(27)30/h2-12,15H,13-14H2,1H3. The van der Waals surface area contributed by atoms with E-state index in [1.54, 1.807) is 36.4 Å². The number of carbonyl (C=O) groups is 3. The minimum atomic E-state index is -0.532. The lowest BCUT2D eigenvalue weighted by Gasteiger charge is -2.13. The quantitative estimate of drug-likeness (QED) is 0.359. The van der Waals surface area contributed by atoms with Crippen molar-refractivity contribution in [1.82, 2.24) is 14.5 Å². The number of aryl methyl sites for hydroxylation is 1. The van der Waals surface area contributed by atoms with Gasteiger partial charge in [-0.1, -0.05) is 30.3 Å². The number of para-hydroxylation sites is 1. The van der Waals surface area contributed by atoms with Crippen LogP contribution in [0.2, 0.25) is 0 Å². The fourth-order valence-electron chi connectivity index (χ4n) is 3.99. The molecule has 1 aromatic heterocycles. The molecule has 7 heteroatoms. The number of amides is 2. The Balaban J connectivity index is 1.29. The Bertz CT molecular complexity index is 1340. The van der Waals surface area contributed by atoms with Crippen molar-refractivity contribution in [3.8, 4) is 5.69 Å². The summed E-state index contributed by atoms with van der Waals surface area (Å²) in [4.78, 5) is 43.0. The Kier molecular flexibility index (Phi) is 4.78. The maximum Gasteiger partial charge on any atom is 0.338 e. The highest BCUT2D eigenvalue weighted by atomic mass is 16.5. The van der Waals surface area contributed by atoms with E-state index in [0.29, 0.717) is 22.2 Å². The molecule has 2 heterocycles. The second-order valence-electron chi connectivity index (χ2n) is 7.48. The molecule has 158 valence electrons. The molecule has 3 aromatic carbocycles. The largest absolute Gasteiger partial charge is 0.460 e. The molecule has 0 saturated carbocycles. The van der Waals surface area contributed by atoms with Crippen molar-refractivity contribution < 1.29 is 19.1 Å². The molecule has 0 fully saturated rings. The Morgan fingerprint density at radius 1 is 0.906 bits per heavy atom. The van der Waals surface area contributed by atoms with Crippen molar-refractivity contribution in [3.63, 3.8) is 0 Å². The van der Waals surface area contributed by atoms with Gasteiger partial charge in [0.05, 0.1) is 34.3 Å². The van der Waals surface area contributed by atoms with Gasteiger partial charge in [-0.2, -0.15) is 0 Å². The summed E-state index contributed by atoms with van der Waals surface area (Å²) < 4.78 is 7.36. The van der Waals surface area contributed by atoms with E-state index < -0.39 is 5.97 Å². The number of imide groups is 1. The SMILES string of the molecule is Cc1nc2cc(C(=O)OCCN3C(=O)c4ccccc4C3=O)ccc2n1-c1ccccc1. The van der Waals surface area contributed by atoms with Gasteiger partial charge in [-0.3, -0.25) is 19.1 Å². The van der Waals surface area contributed by atoms with Gasteiger partial charge in [0.2, 0.25) is 0 Å². The van der Waals surface area contributed by atoms with E-state index in [0.717, 1.165) is 21.9 Å². The number of esters is 1. The molecule has 0 N–H and O–H groups in total. The normalized spacial score (nSPS) is 13.0. The van der Waals surface area contributed by atoms with Crippen LogP contribution in [0.15, 0.2) is 72.8 Å². The third kappa shape index (κ3) is 3.24. The average molecular weight is 425 g/mol. The van der Waals surface area contributed by atoms with Crippen molar-refractivity contribution in [2.24, 2.45) is 0 Å². The molecule has 32 heavy (non-hydrogen) atoms. The van der Waals surface area contributed by atoms with Crippen molar-refractivity contribution in [2.45, 2.75) is 6.92 Å². The number of imidazole rings is 1. The predicted molar refractivity (Wildman–Crippen MR) is 118 cm³/mol. The molecule has 2 amide bonds. The number of rotatable bonds is 5. The van der Waals surface area contributed by atoms with Gasteiger partial charge in [-0.15, -0.1) is 0 Å². The zero-order valence-electron chi connectivity index (χ0n) is 17.3. The number of carbonyl (C=O) groups excluding carboxylic acids is 3. The van der Waals surface area contributed by atoms with Gasteiger partial charge in [0.1, 0.15) is 12.4 Å². The van der Waals surface area contributed by atoms with Gasteiger partial charge in [0.15, 0.2) is 0 Å². The zero-order valence-corrected chi connectivity index (χ0v) is 17.3. The predicted octanol–water partition coefficient (Wildman–Crippen LogP) is 3.79. The molecule has 4 aromatic rings. The van der Waals surface area contributed by atoms with Gasteiger partial charge in [0, 0.05) is 5.69 Å². The topological polar surface area (TPSA) is 81.5 Å². The van der Waals surface area contributed by atoms with Crippen LogP contribution in [0.25, 0.3) is 16.7 Å². The summed E-state index contributed by atoms with van der Waals surface area (Å²) in [6.45, 7) is 1.83. The molecular formula is C25H19N3O4. The van der Waals surface area contributed by atoms with Crippen LogP contribution in [0.3, 0.4) is 0 Å². The zero-order chi connectivity index (χ0) is 22.2. The minimum absolute atomic E-state index is 0.00206. The molecule has 0 unspecified atom stereocenters. The fraction of sp³-hybridized carbons (Fsp3) is 0.120. The number of hydrogen-bond donors (Lipinski definition) is 0. The van der Waals surface area contributed by atoms with Crippen molar-refractivity contribution in [3.05, 3.63) is 95.3 Å². The lowest BCUT2D eigenvalue weighted by atomic mass is 10.1. The van der Waals surface area contributed by atoms with Crippen LogP contribution in [-0.4, -0.2) is 45.4 Å². The maximum atomic E-state index is 12.6. The number of fused-ring (bicyclic) bond motifs is 2.